The van der Waals surface area contributed by atoms with Gasteiger partial charge in [0.1, 0.15) is 5.75 Å². The van der Waals surface area contributed by atoms with Crippen LogP contribution in [0.4, 0.5) is 0 Å². The molecule has 0 atom stereocenters. The Hall–Kier alpha value is -2.07. The molecule has 1 heterocycles. The number of nitrogens with one attached hydrogen (secondary N) is 1. The van der Waals surface area contributed by atoms with Crippen molar-refractivity contribution in [3.05, 3.63) is 52.3 Å². The van der Waals surface area contributed by atoms with Gasteiger partial charge in [-0.1, -0.05) is 6.07 Å². The van der Waals surface area contributed by atoms with E-state index in [2.05, 4.69) is 5.32 Å². The van der Waals surface area contributed by atoms with Crippen LogP contribution in [0, 0.1) is 0 Å². The summed E-state index contributed by atoms with van der Waals surface area (Å²) in [6.07, 6.45) is 2.18. The van der Waals surface area contributed by atoms with Crippen LogP contribution in [0.25, 0.3) is 11.3 Å². The normalized spacial score (nSPS) is 14.2. The number of hydrogen-bond acceptors (Lipinski definition) is 3. The summed E-state index contributed by atoms with van der Waals surface area (Å²) < 4.78 is 7.15. The number of benzene rings is 1. The molecule has 1 aliphatic carbocycles. The Balaban J connectivity index is 2.08. The Labute approximate surface area is 124 Å². The van der Waals surface area contributed by atoms with E-state index < -0.39 is 0 Å². The molecule has 1 aromatic carbocycles. The number of pyridine rings is 1. The maximum absolute atomic E-state index is 12.7. The van der Waals surface area contributed by atoms with Gasteiger partial charge in [-0.3, -0.25) is 4.79 Å². The fourth-order valence-electron chi connectivity index (χ4n) is 2.61. The first kappa shape index (κ1) is 13.9. The summed E-state index contributed by atoms with van der Waals surface area (Å²) in [6.45, 7) is 0.606. The quantitative estimate of drug-likeness (QED) is 0.917. The van der Waals surface area contributed by atoms with Crippen LogP contribution >= 0.6 is 0 Å². The topological polar surface area (TPSA) is 43.3 Å². The van der Waals surface area contributed by atoms with E-state index >= 15 is 0 Å². The molecule has 110 valence electrons. The Bertz CT molecular complexity index is 685. The highest BCUT2D eigenvalue weighted by Crippen LogP contribution is 2.37. The molecule has 21 heavy (non-hydrogen) atoms. The van der Waals surface area contributed by atoms with Crippen LogP contribution in [0.2, 0.25) is 0 Å². The summed E-state index contributed by atoms with van der Waals surface area (Å²) in [6, 6.07) is 12.2. The average Bonchev–Trinajstić information content (AvgIpc) is 3.34. The first-order chi connectivity index (χ1) is 10.2. The zero-order valence-corrected chi connectivity index (χ0v) is 12.4. The van der Waals surface area contributed by atoms with Gasteiger partial charge in [-0.25, -0.2) is 0 Å². The van der Waals surface area contributed by atoms with Crippen LogP contribution < -0.4 is 15.6 Å². The minimum atomic E-state index is 0.125. The Morgan fingerprint density at radius 3 is 2.48 bits per heavy atom. The number of hydrogen-bond donors (Lipinski definition) is 1. The Morgan fingerprint density at radius 2 is 1.90 bits per heavy atom. The van der Waals surface area contributed by atoms with Crippen molar-refractivity contribution in [2.75, 3.05) is 14.2 Å². The summed E-state index contributed by atoms with van der Waals surface area (Å²) in [5, 5.41) is 3.06. The Morgan fingerprint density at radius 1 is 1.19 bits per heavy atom. The van der Waals surface area contributed by atoms with Gasteiger partial charge in [-0.15, -0.1) is 0 Å². The van der Waals surface area contributed by atoms with Crippen molar-refractivity contribution in [2.45, 2.75) is 25.4 Å². The van der Waals surface area contributed by atoms with Crippen molar-refractivity contribution < 1.29 is 4.74 Å². The molecule has 0 saturated heterocycles. The first-order valence-electron chi connectivity index (χ1n) is 7.28. The minimum absolute atomic E-state index is 0.125. The lowest BCUT2D eigenvalue weighted by Gasteiger charge is -2.14. The molecule has 1 fully saturated rings. The van der Waals surface area contributed by atoms with Crippen molar-refractivity contribution in [1.29, 1.82) is 0 Å². The van der Waals surface area contributed by atoms with Gasteiger partial charge in [-0.05, 0) is 55.8 Å². The second-order valence-electron chi connectivity index (χ2n) is 5.41. The maximum Gasteiger partial charge on any atom is 0.255 e. The molecule has 0 aliphatic heterocycles. The molecule has 0 radical (unpaired) electrons. The third-order valence-electron chi connectivity index (χ3n) is 3.86. The second-order valence-corrected chi connectivity index (χ2v) is 5.41. The standard InChI is InChI=1S/C17H20N2O2/c1-18-11-13-5-10-16(19(17(13)20)14-6-7-14)12-3-8-15(21-2)9-4-12/h3-5,8-10,14,18H,6-7,11H2,1-2H3. The summed E-state index contributed by atoms with van der Waals surface area (Å²) in [4.78, 5) is 12.7. The number of nitrogens with zero attached hydrogens (tertiary/aromatic N) is 1. The molecular formula is C17H20N2O2. The highest BCUT2D eigenvalue weighted by atomic mass is 16.5. The predicted octanol–water partition coefficient (Wildman–Crippen LogP) is 2.58. The number of ether oxygens (including phenoxy) is 1. The van der Waals surface area contributed by atoms with Crippen molar-refractivity contribution in [2.24, 2.45) is 0 Å². The zero-order chi connectivity index (χ0) is 14.8. The number of methoxy groups -OCH3 is 1. The van der Waals surface area contributed by atoms with Crippen LogP contribution in [0.5, 0.6) is 5.75 Å². The van der Waals surface area contributed by atoms with Crippen molar-refractivity contribution in [3.63, 3.8) is 0 Å². The Kier molecular flexibility index (Phi) is 3.80. The van der Waals surface area contributed by atoms with Crippen molar-refractivity contribution in [3.8, 4) is 17.0 Å². The van der Waals surface area contributed by atoms with Gasteiger partial charge in [0, 0.05) is 18.2 Å². The fourth-order valence-corrected chi connectivity index (χ4v) is 2.61. The molecular weight excluding hydrogens is 264 g/mol. The highest BCUT2D eigenvalue weighted by molar-refractivity contribution is 5.61. The lowest BCUT2D eigenvalue weighted by Crippen LogP contribution is -2.26. The SMILES string of the molecule is CNCc1ccc(-c2ccc(OC)cc2)n(C2CC2)c1=O. The third kappa shape index (κ3) is 2.72. The summed E-state index contributed by atoms with van der Waals surface area (Å²) in [7, 11) is 3.51. The van der Waals surface area contributed by atoms with Gasteiger partial charge in [0.05, 0.1) is 12.8 Å². The lowest BCUT2D eigenvalue weighted by atomic mass is 10.1. The monoisotopic (exact) mass is 284 g/mol. The van der Waals surface area contributed by atoms with Crippen LogP contribution in [0.3, 0.4) is 0 Å². The van der Waals surface area contributed by atoms with Crippen LogP contribution in [-0.2, 0) is 6.54 Å². The van der Waals surface area contributed by atoms with Crippen molar-refractivity contribution >= 4 is 0 Å². The van der Waals surface area contributed by atoms with E-state index in [1.807, 2.05) is 48.0 Å². The number of rotatable bonds is 5. The molecule has 0 bridgehead atoms. The smallest absolute Gasteiger partial charge is 0.255 e. The molecule has 1 N–H and O–H groups in total. The first-order valence-corrected chi connectivity index (χ1v) is 7.28. The van der Waals surface area contributed by atoms with Gasteiger partial charge in [0.25, 0.3) is 5.56 Å². The molecule has 1 aliphatic rings. The van der Waals surface area contributed by atoms with E-state index in [1.165, 1.54) is 0 Å². The van der Waals surface area contributed by atoms with Gasteiger partial charge >= 0.3 is 0 Å². The fraction of sp³-hybridized carbons (Fsp3) is 0.353. The highest BCUT2D eigenvalue weighted by Gasteiger charge is 2.27. The van der Waals surface area contributed by atoms with E-state index in [9.17, 15) is 4.79 Å². The molecule has 3 rings (SSSR count). The molecule has 2 aromatic rings. The molecule has 0 unspecified atom stereocenters. The van der Waals surface area contributed by atoms with Crippen LogP contribution in [-0.4, -0.2) is 18.7 Å². The van der Waals surface area contributed by atoms with Gasteiger partial charge < -0.3 is 14.6 Å². The maximum atomic E-state index is 12.7. The second kappa shape index (κ2) is 5.74. The molecule has 1 saturated carbocycles. The van der Waals surface area contributed by atoms with E-state index in [1.54, 1.807) is 7.11 Å². The van der Waals surface area contributed by atoms with Gasteiger partial charge in [0.2, 0.25) is 0 Å². The third-order valence-corrected chi connectivity index (χ3v) is 3.86. The zero-order valence-electron chi connectivity index (χ0n) is 12.4. The summed E-state index contributed by atoms with van der Waals surface area (Å²) in [5.74, 6) is 0.825. The van der Waals surface area contributed by atoms with E-state index in [4.69, 9.17) is 4.74 Å². The molecule has 0 amide bonds. The van der Waals surface area contributed by atoms with E-state index in [0.29, 0.717) is 12.6 Å². The minimum Gasteiger partial charge on any atom is -0.497 e. The summed E-state index contributed by atoms with van der Waals surface area (Å²) in [5.41, 5.74) is 2.99. The van der Waals surface area contributed by atoms with Crippen LogP contribution in [0.15, 0.2) is 41.2 Å². The largest absolute Gasteiger partial charge is 0.497 e. The van der Waals surface area contributed by atoms with E-state index in [-0.39, 0.29) is 5.56 Å². The van der Waals surface area contributed by atoms with Crippen LogP contribution in [0.1, 0.15) is 24.4 Å². The van der Waals surface area contributed by atoms with Gasteiger partial charge in [0.15, 0.2) is 0 Å². The molecule has 0 spiro atoms. The average molecular weight is 284 g/mol. The molecule has 1 aromatic heterocycles. The predicted molar refractivity (Wildman–Crippen MR) is 83.7 cm³/mol. The lowest BCUT2D eigenvalue weighted by molar-refractivity contribution is 0.415. The molecule has 4 heteroatoms. The molecule has 4 nitrogen and oxygen atoms in total. The summed E-state index contributed by atoms with van der Waals surface area (Å²) >= 11 is 0. The van der Waals surface area contributed by atoms with E-state index in [0.717, 1.165) is 35.4 Å². The number of aromatic nitrogens is 1. The van der Waals surface area contributed by atoms with Gasteiger partial charge in [-0.2, -0.15) is 0 Å². The van der Waals surface area contributed by atoms with Crippen molar-refractivity contribution in [1.82, 2.24) is 9.88 Å².